The van der Waals surface area contributed by atoms with Crippen LogP contribution in [0.25, 0.3) is 16.7 Å². The van der Waals surface area contributed by atoms with Crippen molar-refractivity contribution in [1.82, 2.24) is 19.7 Å². The minimum Gasteiger partial charge on any atom is -0.385 e. The van der Waals surface area contributed by atoms with E-state index in [1.165, 1.54) is 5.56 Å². The zero-order chi connectivity index (χ0) is 20.1. The van der Waals surface area contributed by atoms with Crippen molar-refractivity contribution in [2.24, 2.45) is 0 Å². The maximum atomic E-state index is 5.12. The summed E-state index contributed by atoms with van der Waals surface area (Å²) in [7, 11) is 1.70. The first-order valence-corrected chi connectivity index (χ1v) is 9.62. The van der Waals surface area contributed by atoms with E-state index in [0.29, 0.717) is 12.6 Å². The van der Waals surface area contributed by atoms with Crippen LogP contribution in [0, 0.1) is 6.92 Å². The lowest BCUT2D eigenvalue weighted by molar-refractivity contribution is 0.197. The molecule has 0 amide bonds. The number of hydrogen-bond donors (Lipinski definition) is 2. The second-order valence-electron chi connectivity index (χ2n) is 6.79. The van der Waals surface area contributed by atoms with Crippen molar-refractivity contribution in [2.45, 2.75) is 13.3 Å². The topological polar surface area (TPSA) is 76.9 Å². The lowest BCUT2D eigenvalue weighted by Crippen LogP contribution is -2.10. The van der Waals surface area contributed by atoms with Crippen LogP contribution >= 0.6 is 0 Å². The number of aromatic nitrogens is 4. The van der Waals surface area contributed by atoms with Gasteiger partial charge < -0.3 is 15.4 Å². The maximum absolute atomic E-state index is 5.12. The van der Waals surface area contributed by atoms with Crippen LogP contribution in [0.15, 0.2) is 60.8 Å². The molecule has 4 rings (SSSR count). The molecule has 0 aliphatic heterocycles. The number of hydrogen-bond acceptors (Lipinski definition) is 6. The summed E-state index contributed by atoms with van der Waals surface area (Å²) in [5, 5.41) is 12.1. The van der Waals surface area contributed by atoms with Crippen LogP contribution in [0.1, 0.15) is 12.0 Å². The highest BCUT2D eigenvalue weighted by Crippen LogP contribution is 2.27. The van der Waals surface area contributed by atoms with Crippen molar-refractivity contribution >= 4 is 28.5 Å². The summed E-state index contributed by atoms with van der Waals surface area (Å²) in [6.45, 7) is 3.48. The van der Waals surface area contributed by atoms with Crippen LogP contribution in [-0.4, -0.2) is 40.0 Å². The Bertz CT molecular complexity index is 1090. The average Bonchev–Trinajstić information content (AvgIpc) is 3.16. The fourth-order valence-electron chi connectivity index (χ4n) is 3.12. The quantitative estimate of drug-likeness (QED) is 0.438. The molecule has 7 nitrogen and oxygen atoms in total. The van der Waals surface area contributed by atoms with Gasteiger partial charge in [-0.05, 0) is 43.2 Å². The third kappa shape index (κ3) is 4.35. The summed E-state index contributed by atoms with van der Waals surface area (Å²) >= 11 is 0. The number of aryl methyl sites for hydroxylation is 1. The largest absolute Gasteiger partial charge is 0.385 e. The summed E-state index contributed by atoms with van der Waals surface area (Å²) in [5.41, 5.74) is 3.85. The monoisotopic (exact) mass is 388 g/mol. The number of methoxy groups -OCH3 is 1. The highest BCUT2D eigenvalue weighted by atomic mass is 16.5. The lowest BCUT2D eigenvalue weighted by Gasteiger charge is -2.11. The smallest absolute Gasteiger partial charge is 0.226 e. The molecule has 0 unspecified atom stereocenters. The van der Waals surface area contributed by atoms with E-state index in [4.69, 9.17) is 14.7 Å². The number of anilines is 3. The number of nitrogens with zero attached hydrogens (tertiary/aromatic N) is 4. The molecule has 148 valence electrons. The summed E-state index contributed by atoms with van der Waals surface area (Å²) in [5.74, 6) is 1.28. The SMILES string of the molecule is COCCCNc1nc(Nc2cccc(C)c2)c2cnn(-c3ccccc3)c2n1. The first-order chi connectivity index (χ1) is 14.2. The maximum Gasteiger partial charge on any atom is 0.226 e. The molecule has 0 fully saturated rings. The predicted octanol–water partition coefficient (Wildman–Crippen LogP) is 4.32. The second-order valence-corrected chi connectivity index (χ2v) is 6.79. The fourth-order valence-corrected chi connectivity index (χ4v) is 3.12. The van der Waals surface area contributed by atoms with Gasteiger partial charge >= 0.3 is 0 Å². The lowest BCUT2D eigenvalue weighted by atomic mass is 10.2. The number of rotatable bonds is 8. The van der Waals surface area contributed by atoms with E-state index >= 15 is 0 Å². The molecule has 2 N–H and O–H groups in total. The van der Waals surface area contributed by atoms with Crippen molar-refractivity contribution in [3.63, 3.8) is 0 Å². The molecule has 0 aliphatic carbocycles. The second kappa shape index (κ2) is 8.70. The van der Waals surface area contributed by atoms with Gasteiger partial charge in [0.1, 0.15) is 5.82 Å². The number of ether oxygens (including phenoxy) is 1. The molecule has 0 radical (unpaired) electrons. The van der Waals surface area contributed by atoms with Gasteiger partial charge in [0, 0.05) is 25.9 Å². The van der Waals surface area contributed by atoms with Gasteiger partial charge in [-0.25, -0.2) is 4.68 Å². The highest BCUT2D eigenvalue weighted by Gasteiger charge is 2.14. The molecule has 2 aromatic carbocycles. The van der Waals surface area contributed by atoms with Gasteiger partial charge in [-0.3, -0.25) is 0 Å². The van der Waals surface area contributed by atoms with Gasteiger partial charge in [0.2, 0.25) is 5.95 Å². The summed E-state index contributed by atoms with van der Waals surface area (Å²) in [6, 6.07) is 18.2. The molecule has 0 aliphatic rings. The molecular formula is C22H24N6O. The highest BCUT2D eigenvalue weighted by molar-refractivity contribution is 5.90. The Hall–Kier alpha value is -3.45. The van der Waals surface area contributed by atoms with Crippen LogP contribution in [0.3, 0.4) is 0 Å². The first kappa shape index (κ1) is 18.9. The van der Waals surface area contributed by atoms with Crippen molar-refractivity contribution in [3.8, 4) is 5.69 Å². The fraction of sp³-hybridized carbons (Fsp3) is 0.227. The van der Waals surface area contributed by atoms with Crippen molar-refractivity contribution in [3.05, 3.63) is 66.4 Å². The molecule has 0 saturated heterocycles. The number of nitrogens with one attached hydrogen (secondary N) is 2. The zero-order valence-corrected chi connectivity index (χ0v) is 16.6. The molecule has 0 bridgehead atoms. The van der Waals surface area contributed by atoms with Crippen LogP contribution in [-0.2, 0) is 4.74 Å². The van der Waals surface area contributed by atoms with Gasteiger partial charge in [-0.2, -0.15) is 15.1 Å². The van der Waals surface area contributed by atoms with Crippen LogP contribution in [0.4, 0.5) is 17.5 Å². The first-order valence-electron chi connectivity index (χ1n) is 9.62. The number of benzene rings is 2. The summed E-state index contributed by atoms with van der Waals surface area (Å²) < 4.78 is 6.95. The van der Waals surface area contributed by atoms with Crippen molar-refractivity contribution < 1.29 is 4.74 Å². The molecule has 0 atom stereocenters. The standard InChI is InChI=1S/C22H24N6O/c1-16-8-6-9-17(14-16)25-20-19-15-24-28(18-10-4-3-5-11-18)21(19)27-22(26-20)23-12-7-13-29-2/h3-6,8-11,14-15H,7,12-13H2,1-2H3,(H2,23,25,26,27). The Morgan fingerprint density at radius 1 is 1.03 bits per heavy atom. The Morgan fingerprint density at radius 3 is 2.69 bits per heavy atom. The molecule has 0 saturated carbocycles. The summed E-state index contributed by atoms with van der Waals surface area (Å²) in [4.78, 5) is 9.43. The Labute approximate surface area is 169 Å². The molecule has 2 aromatic heterocycles. The molecule has 2 heterocycles. The zero-order valence-electron chi connectivity index (χ0n) is 16.6. The third-order valence-corrected chi connectivity index (χ3v) is 4.52. The van der Waals surface area contributed by atoms with Crippen molar-refractivity contribution in [1.29, 1.82) is 0 Å². The summed E-state index contributed by atoms with van der Waals surface area (Å²) in [6.07, 6.45) is 2.67. The average molecular weight is 388 g/mol. The van der Waals surface area contributed by atoms with E-state index < -0.39 is 0 Å². The Morgan fingerprint density at radius 2 is 1.90 bits per heavy atom. The molecule has 7 heteroatoms. The van der Waals surface area contributed by atoms with E-state index in [0.717, 1.165) is 41.2 Å². The number of fused-ring (bicyclic) bond motifs is 1. The van der Waals surface area contributed by atoms with E-state index in [1.807, 2.05) is 47.1 Å². The van der Waals surface area contributed by atoms with Crippen LogP contribution in [0.5, 0.6) is 0 Å². The van der Waals surface area contributed by atoms with Crippen molar-refractivity contribution in [2.75, 3.05) is 30.9 Å². The molecular weight excluding hydrogens is 364 g/mol. The van der Waals surface area contributed by atoms with Gasteiger partial charge in [-0.15, -0.1) is 0 Å². The molecule has 0 spiro atoms. The molecule has 29 heavy (non-hydrogen) atoms. The van der Waals surface area contributed by atoms with Gasteiger partial charge in [0.25, 0.3) is 0 Å². The van der Waals surface area contributed by atoms with Crippen LogP contribution < -0.4 is 10.6 Å². The van der Waals surface area contributed by atoms with E-state index in [-0.39, 0.29) is 0 Å². The van der Waals surface area contributed by atoms with Crippen LogP contribution in [0.2, 0.25) is 0 Å². The minimum absolute atomic E-state index is 0.557. The predicted molar refractivity (Wildman–Crippen MR) is 116 cm³/mol. The van der Waals surface area contributed by atoms with Gasteiger partial charge in [-0.1, -0.05) is 30.3 Å². The van der Waals surface area contributed by atoms with E-state index in [9.17, 15) is 0 Å². The third-order valence-electron chi connectivity index (χ3n) is 4.52. The number of para-hydroxylation sites is 1. The van der Waals surface area contributed by atoms with E-state index in [1.54, 1.807) is 13.3 Å². The van der Waals surface area contributed by atoms with Gasteiger partial charge in [0.05, 0.1) is 17.3 Å². The van der Waals surface area contributed by atoms with E-state index in [2.05, 4.69) is 34.8 Å². The van der Waals surface area contributed by atoms with Gasteiger partial charge in [0.15, 0.2) is 5.65 Å². The Balaban J connectivity index is 1.74. The Kier molecular flexibility index (Phi) is 5.67. The molecule has 4 aromatic rings. The minimum atomic E-state index is 0.557. The normalized spacial score (nSPS) is 11.0.